The molecule has 0 saturated carbocycles. The first-order chi connectivity index (χ1) is 10.5. The van der Waals surface area contributed by atoms with Crippen molar-refractivity contribution in [1.29, 1.82) is 0 Å². The minimum atomic E-state index is -0.501. The van der Waals surface area contributed by atoms with Crippen molar-refractivity contribution in [1.82, 2.24) is 4.90 Å². The molecule has 0 bridgehead atoms. The average molecular weight is 305 g/mol. The zero-order chi connectivity index (χ0) is 16.1. The van der Waals surface area contributed by atoms with E-state index in [2.05, 4.69) is 5.32 Å². The van der Waals surface area contributed by atoms with E-state index in [0.717, 1.165) is 19.4 Å². The van der Waals surface area contributed by atoms with Gasteiger partial charge in [-0.15, -0.1) is 0 Å². The van der Waals surface area contributed by atoms with E-state index in [-0.39, 0.29) is 17.4 Å². The number of amides is 1. The SMILES string of the molecule is CC(=O)c1ccc(NCCCN2CCCC2=O)c([N+](=O)[O-])c1. The molecule has 22 heavy (non-hydrogen) atoms. The summed E-state index contributed by atoms with van der Waals surface area (Å²) in [5, 5.41) is 14.1. The Morgan fingerprint density at radius 2 is 2.23 bits per heavy atom. The molecule has 7 nitrogen and oxygen atoms in total. The number of carbonyl (C=O) groups excluding carboxylic acids is 2. The van der Waals surface area contributed by atoms with Gasteiger partial charge in [-0.1, -0.05) is 0 Å². The van der Waals surface area contributed by atoms with Gasteiger partial charge in [-0.05, 0) is 31.9 Å². The second-order valence-corrected chi connectivity index (χ2v) is 5.31. The summed E-state index contributed by atoms with van der Waals surface area (Å²) in [6, 6.07) is 4.41. The summed E-state index contributed by atoms with van der Waals surface area (Å²) in [5.74, 6) is -0.0287. The maximum atomic E-state index is 11.5. The second-order valence-electron chi connectivity index (χ2n) is 5.31. The van der Waals surface area contributed by atoms with Crippen molar-refractivity contribution in [3.05, 3.63) is 33.9 Å². The van der Waals surface area contributed by atoms with Crippen LogP contribution in [0.15, 0.2) is 18.2 Å². The molecular formula is C15H19N3O4. The number of anilines is 1. The number of ketones is 1. The number of hydrogen-bond acceptors (Lipinski definition) is 5. The molecule has 118 valence electrons. The van der Waals surface area contributed by atoms with E-state index < -0.39 is 4.92 Å². The van der Waals surface area contributed by atoms with E-state index in [4.69, 9.17) is 0 Å². The van der Waals surface area contributed by atoms with Crippen molar-refractivity contribution in [3.63, 3.8) is 0 Å². The first-order valence-electron chi connectivity index (χ1n) is 7.30. The Kier molecular flexibility index (Phi) is 5.08. The maximum absolute atomic E-state index is 11.5. The highest BCUT2D eigenvalue weighted by Crippen LogP contribution is 2.25. The Morgan fingerprint density at radius 1 is 1.45 bits per heavy atom. The van der Waals surface area contributed by atoms with Gasteiger partial charge in [0.05, 0.1) is 4.92 Å². The molecule has 1 N–H and O–H groups in total. The van der Waals surface area contributed by atoms with Crippen LogP contribution in [0.4, 0.5) is 11.4 Å². The van der Waals surface area contributed by atoms with E-state index in [1.807, 2.05) is 4.90 Å². The van der Waals surface area contributed by atoms with Crippen LogP contribution in [0.5, 0.6) is 0 Å². The van der Waals surface area contributed by atoms with Gasteiger partial charge in [0.1, 0.15) is 5.69 Å². The van der Waals surface area contributed by atoms with Crippen LogP contribution in [0.25, 0.3) is 0 Å². The van der Waals surface area contributed by atoms with Gasteiger partial charge in [-0.3, -0.25) is 19.7 Å². The van der Waals surface area contributed by atoms with Gasteiger partial charge in [0.2, 0.25) is 5.91 Å². The van der Waals surface area contributed by atoms with Crippen LogP contribution < -0.4 is 5.32 Å². The Bertz CT molecular complexity index is 600. The minimum absolute atomic E-state index is 0.107. The molecule has 1 amide bonds. The van der Waals surface area contributed by atoms with Crippen LogP contribution >= 0.6 is 0 Å². The molecule has 1 aromatic rings. The third-order valence-electron chi connectivity index (χ3n) is 3.69. The summed E-state index contributed by atoms with van der Waals surface area (Å²) in [7, 11) is 0. The molecule has 0 aliphatic carbocycles. The predicted molar refractivity (Wildman–Crippen MR) is 82.0 cm³/mol. The van der Waals surface area contributed by atoms with Gasteiger partial charge in [0, 0.05) is 37.7 Å². The normalized spacial score (nSPS) is 14.2. The van der Waals surface area contributed by atoms with Crippen molar-refractivity contribution in [3.8, 4) is 0 Å². The summed E-state index contributed by atoms with van der Waals surface area (Å²) in [5.41, 5.74) is 0.604. The van der Waals surface area contributed by atoms with Crippen molar-refractivity contribution >= 4 is 23.1 Å². The van der Waals surface area contributed by atoms with Crippen LogP contribution in [-0.4, -0.2) is 41.1 Å². The van der Waals surface area contributed by atoms with Crippen LogP contribution in [0.2, 0.25) is 0 Å². The van der Waals surface area contributed by atoms with E-state index in [1.54, 1.807) is 12.1 Å². The smallest absolute Gasteiger partial charge is 0.293 e. The number of benzene rings is 1. The number of nitrogens with zero attached hydrogens (tertiary/aromatic N) is 2. The van der Waals surface area contributed by atoms with Gasteiger partial charge in [-0.25, -0.2) is 0 Å². The van der Waals surface area contributed by atoms with Crippen molar-refractivity contribution in [2.45, 2.75) is 26.2 Å². The molecule has 2 rings (SSSR count). The number of Topliss-reactive ketones (excluding diaryl/α,β-unsaturated/α-hetero) is 1. The molecule has 0 atom stereocenters. The minimum Gasteiger partial charge on any atom is -0.379 e. The van der Waals surface area contributed by atoms with Crippen LogP contribution in [0.3, 0.4) is 0 Å². The number of hydrogen-bond donors (Lipinski definition) is 1. The van der Waals surface area contributed by atoms with Crippen LogP contribution in [0, 0.1) is 10.1 Å². The number of rotatable bonds is 7. The summed E-state index contributed by atoms with van der Waals surface area (Å²) >= 11 is 0. The average Bonchev–Trinajstić information content (AvgIpc) is 2.88. The van der Waals surface area contributed by atoms with Gasteiger partial charge < -0.3 is 10.2 Å². The van der Waals surface area contributed by atoms with Gasteiger partial charge >= 0.3 is 0 Å². The van der Waals surface area contributed by atoms with Crippen LogP contribution in [-0.2, 0) is 4.79 Å². The lowest BCUT2D eigenvalue weighted by Gasteiger charge is -2.15. The van der Waals surface area contributed by atoms with Crippen molar-refractivity contribution in [2.75, 3.05) is 25.0 Å². The van der Waals surface area contributed by atoms with Crippen molar-refractivity contribution in [2.24, 2.45) is 0 Å². The van der Waals surface area contributed by atoms with E-state index in [9.17, 15) is 19.7 Å². The lowest BCUT2D eigenvalue weighted by atomic mass is 10.1. The molecule has 1 aromatic carbocycles. The van der Waals surface area contributed by atoms with Gasteiger partial charge in [0.25, 0.3) is 5.69 Å². The lowest BCUT2D eigenvalue weighted by Crippen LogP contribution is -2.27. The maximum Gasteiger partial charge on any atom is 0.293 e. The lowest BCUT2D eigenvalue weighted by molar-refractivity contribution is -0.384. The number of nitro groups is 1. The van der Waals surface area contributed by atoms with Crippen LogP contribution in [0.1, 0.15) is 36.5 Å². The number of likely N-dealkylation sites (tertiary alicyclic amines) is 1. The Labute approximate surface area is 128 Å². The molecule has 1 heterocycles. The number of nitro benzene ring substituents is 1. The highest BCUT2D eigenvalue weighted by Gasteiger charge is 2.19. The fourth-order valence-electron chi connectivity index (χ4n) is 2.48. The zero-order valence-corrected chi connectivity index (χ0v) is 12.5. The Morgan fingerprint density at radius 3 is 2.82 bits per heavy atom. The molecule has 7 heteroatoms. The topological polar surface area (TPSA) is 92.6 Å². The predicted octanol–water partition coefficient (Wildman–Crippen LogP) is 2.22. The second kappa shape index (κ2) is 7.02. The molecular weight excluding hydrogens is 286 g/mol. The molecule has 1 saturated heterocycles. The third kappa shape index (κ3) is 3.81. The molecule has 1 fully saturated rings. The summed E-state index contributed by atoms with van der Waals surface area (Å²) in [6.07, 6.45) is 2.24. The highest BCUT2D eigenvalue weighted by molar-refractivity contribution is 5.95. The van der Waals surface area contributed by atoms with E-state index >= 15 is 0 Å². The molecule has 0 unspecified atom stereocenters. The van der Waals surface area contributed by atoms with E-state index in [1.165, 1.54) is 13.0 Å². The molecule has 0 radical (unpaired) electrons. The van der Waals surface area contributed by atoms with Gasteiger partial charge in [0.15, 0.2) is 5.78 Å². The first-order valence-corrected chi connectivity index (χ1v) is 7.30. The Hall–Kier alpha value is -2.44. The number of nitrogens with one attached hydrogen (secondary N) is 1. The standard InChI is InChI=1S/C15H19N3O4/c1-11(19)12-5-6-13(14(10-12)18(21)22)16-7-3-9-17-8-2-4-15(17)20/h5-6,10,16H,2-4,7-9H2,1H3. The molecule has 0 aromatic heterocycles. The third-order valence-corrected chi connectivity index (χ3v) is 3.69. The molecule has 0 spiro atoms. The van der Waals surface area contributed by atoms with Gasteiger partial charge in [-0.2, -0.15) is 0 Å². The zero-order valence-electron chi connectivity index (χ0n) is 12.5. The molecule has 1 aliphatic rings. The fraction of sp³-hybridized carbons (Fsp3) is 0.467. The largest absolute Gasteiger partial charge is 0.379 e. The summed E-state index contributed by atoms with van der Waals surface area (Å²) in [6.45, 7) is 3.36. The quantitative estimate of drug-likeness (QED) is 0.361. The Balaban J connectivity index is 1.93. The number of carbonyl (C=O) groups is 2. The first kappa shape index (κ1) is 15.9. The monoisotopic (exact) mass is 305 g/mol. The van der Waals surface area contributed by atoms with Crippen molar-refractivity contribution < 1.29 is 14.5 Å². The van der Waals surface area contributed by atoms with E-state index in [0.29, 0.717) is 30.8 Å². The fourth-order valence-corrected chi connectivity index (χ4v) is 2.48. The highest BCUT2D eigenvalue weighted by atomic mass is 16.6. The summed E-state index contributed by atoms with van der Waals surface area (Å²) in [4.78, 5) is 35.2. The summed E-state index contributed by atoms with van der Waals surface area (Å²) < 4.78 is 0. The molecule has 1 aliphatic heterocycles.